The number of amides is 1. The van der Waals surface area contributed by atoms with Crippen LogP contribution in [0.25, 0.3) is 0 Å². The minimum absolute atomic E-state index is 0.0790. The lowest BCUT2D eigenvalue weighted by Gasteiger charge is -2.21. The lowest BCUT2D eigenvalue weighted by atomic mass is 9.98. The maximum atomic E-state index is 11.7. The van der Waals surface area contributed by atoms with Crippen LogP contribution in [0.3, 0.4) is 0 Å². The SMILES string of the molecule is N#CC(NC(=O)CC1CCSCC1)C1CC1. The first-order chi connectivity index (χ1) is 7.79. The molecule has 1 unspecified atom stereocenters. The van der Waals surface area contributed by atoms with Gasteiger partial charge in [-0.2, -0.15) is 17.0 Å². The van der Waals surface area contributed by atoms with Crippen molar-refractivity contribution in [3.05, 3.63) is 0 Å². The highest BCUT2D eigenvalue weighted by Gasteiger charge is 2.32. The van der Waals surface area contributed by atoms with E-state index in [1.54, 1.807) is 0 Å². The van der Waals surface area contributed by atoms with Crippen LogP contribution >= 0.6 is 11.8 Å². The number of carbonyl (C=O) groups is 1. The molecule has 1 aliphatic heterocycles. The summed E-state index contributed by atoms with van der Waals surface area (Å²) in [7, 11) is 0. The molecule has 0 radical (unpaired) electrons. The normalized spacial score (nSPS) is 23.4. The Morgan fingerprint density at radius 1 is 1.38 bits per heavy atom. The summed E-state index contributed by atoms with van der Waals surface area (Å²) in [5.41, 5.74) is 0. The van der Waals surface area contributed by atoms with Crippen LogP contribution in [0.1, 0.15) is 32.1 Å². The number of nitrogens with one attached hydrogen (secondary N) is 1. The van der Waals surface area contributed by atoms with Gasteiger partial charge in [-0.15, -0.1) is 0 Å². The Kier molecular flexibility index (Phi) is 4.11. The highest BCUT2D eigenvalue weighted by Crippen LogP contribution is 2.32. The molecule has 1 aliphatic carbocycles. The van der Waals surface area contributed by atoms with Crippen LogP contribution in [0.4, 0.5) is 0 Å². The van der Waals surface area contributed by atoms with E-state index >= 15 is 0 Å². The standard InChI is InChI=1S/C12H18N2OS/c13-8-11(10-1-2-10)14-12(15)7-9-3-5-16-6-4-9/h9-11H,1-7H2,(H,14,15). The van der Waals surface area contributed by atoms with Gasteiger partial charge in [0.2, 0.25) is 5.91 Å². The molecule has 88 valence electrons. The Balaban J connectivity index is 1.72. The monoisotopic (exact) mass is 238 g/mol. The zero-order chi connectivity index (χ0) is 11.4. The average Bonchev–Trinajstić information content (AvgIpc) is 3.11. The number of thioether (sulfide) groups is 1. The molecule has 2 aliphatic rings. The third-order valence-electron chi connectivity index (χ3n) is 3.36. The molecule has 2 fully saturated rings. The van der Waals surface area contributed by atoms with Gasteiger partial charge < -0.3 is 5.32 Å². The molecule has 1 N–H and O–H groups in total. The molecule has 1 amide bonds. The van der Waals surface area contributed by atoms with E-state index < -0.39 is 0 Å². The Morgan fingerprint density at radius 2 is 2.06 bits per heavy atom. The third kappa shape index (κ3) is 3.41. The average molecular weight is 238 g/mol. The second-order valence-corrected chi connectivity index (χ2v) is 6.00. The molecule has 1 saturated heterocycles. The van der Waals surface area contributed by atoms with Gasteiger partial charge in [0.15, 0.2) is 0 Å². The smallest absolute Gasteiger partial charge is 0.221 e. The quantitative estimate of drug-likeness (QED) is 0.814. The molecule has 0 aromatic heterocycles. The molecule has 0 spiro atoms. The third-order valence-corrected chi connectivity index (χ3v) is 4.41. The van der Waals surface area contributed by atoms with Crippen molar-refractivity contribution in [1.82, 2.24) is 5.32 Å². The van der Waals surface area contributed by atoms with Crippen LogP contribution in [0.15, 0.2) is 0 Å². The molecule has 2 rings (SSSR count). The minimum atomic E-state index is -0.231. The lowest BCUT2D eigenvalue weighted by Crippen LogP contribution is -2.36. The van der Waals surface area contributed by atoms with Crippen molar-refractivity contribution in [2.45, 2.75) is 38.1 Å². The van der Waals surface area contributed by atoms with Gasteiger partial charge in [-0.3, -0.25) is 4.79 Å². The molecule has 1 atom stereocenters. The van der Waals surface area contributed by atoms with E-state index in [9.17, 15) is 4.79 Å². The molecule has 0 aromatic carbocycles. The first kappa shape index (κ1) is 11.8. The first-order valence-corrected chi connectivity index (χ1v) is 7.22. The van der Waals surface area contributed by atoms with Crippen LogP contribution in [0, 0.1) is 23.2 Å². The Hall–Kier alpha value is -0.690. The van der Waals surface area contributed by atoms with Crippen molar-refractivity contribution < 1.29 is 4.79 Å². The summed E-state index contributed by atoms with van der Waals surface area (Å²) in [6.07, 6.45) is 5.11. The first-order valence-electron chi connectivity index (χ1n) is 6.06. The van der Waals surface area contributed by atoms with Gasteiger partial charge in [0.25, 0.3) is 0 Å². The summed E-state index contributed by atoms with van der Waals surface area (Å²) in [5.74, 6) is 3.41. The van der Waals surface area contributed by atoms with Gasteiger partial charge in [0.1, 0.15) is 6.04 Å². The summed E-state index contributed by atoms with van der Waals surface area (Å²) in [6, 6.07) is 1.97. The molecule has 1 heterocycles. The Morgan fingerprint density at radius 3 is 2.62 bits per heavy atom. The Bertz CT molecular complexity index is 290. The zero-order valence-electron chi connectivity index (χ0n) is 9.45. The van der Waals surface area contributed by atoms with Crippen LogP contribution in [0.5, 0.6) is 0 Å². The van der Waals surface area contributed by atoms with Gasteiger partial charge in [-0.1, -0.05) is 0 Å². The molecular formula is C12H18N2OS. The highest BCUT2D eigenvalue weighted by atomic mass is 32.2. The zero-order valence-corrected chi connectivity index (χ0v) is 10.3. The fourth-order valence-corrected chi connectivity index (χ4v) is 3.33. The molecule has 1 saturated carbocycles. The predicted molar refractivity (Wildman–Crippen MR) is 64.9 cm³/mol. The van der Waals surface area contributed by atoms with E-state index in [-0.39, 0.29) is 11.9 Å². The summed E-state index contributed by atoms with van der Waals surface area (Å²) < 4.78 is 0. The maximum Gasteiger partial charge on any atom is 0.221 e. The van der Waals surface area contributed by atoms with Crippen LogP contribution < -0.4 is 5.32 Å². The number of nitriles is 1. The molecule has 4 heteroatoms. The number of hydrogen-bond donors (Lipinski definition) is 1. The van der Waals surface area contributed by atoms with Gasteiger partial charge in [-0.05, 0) is 49.0 Å². The number of nitrogens with zero attached hydrogens (tertiary/aromatic N) is 1. The van der Waals surface area contributed by atoms with Crippen molar-refractivity contribution in [3.8, 4) is 6.07 Å². The van der Waals surface area contributed by atoms with Crippen molar-refractivity contribution in [2.24, 2.45) is 11.8 Å². The topological polar surface area (TPSA) is 52.9 Å². The number of rotatable bonds is 4. The molecular weight excluding hydrogens is 220 g/mol. The Labute approximate surface area is 101 Å². The van der Waals surface area contributed by atoms with E-state index in [0.29, 0.717) is 18.3 Å². The number of carbonyl (C=O) groups excluding carboxylic acids is 1. The minimum Gasteiger partial charge on any atom is -0.340 e. The van der Waals surface area contributed by atoms with Gasteiger partial charge in [0.05, 0.1) is 6.07 Å². The van der Waals surface area contributed by atoms with E-state index in [4.69, 9.17) is 5.26 Å². The second kappa shape index (κ2) is 5.58. The van der Waals surface area contributed by atoms with Gasteiger partial charge in [-0.25, -0.2) is 0 Å². The van der Waals surface area contributed by atoms with Crippen LogP contribution in [-0.2, 0) is 4.79 Å². The molecule has 0 aromatic rings. The van der Waals surface area contributed by atoms with Gasteiger partial charge >= 0.3 is 0 Å². The van der Waals surface area contributed by atoms with Crippen LogP contribution in [-0.4, -0.2) is 23.5 Å². The van der Waals surface area contributed by atoms with E-state index in [1.165, 1.54) is 11.5 Å². The van der Waals surface area contributed by atoms with Crippen molar-refractivity contribution in [2.75, 3.05) is 11.5 Å². The van der Waals surface area contributed by atoms with E-state index in [1.807, 2.05) is 11.8 Å². The van der Waals surface area contributed by atoms with Crippen molar-refractivity contribution in [3.63, 3.8) is 0 Å². The van der Waals surface area contributed by atoms with E-state index in [2.05, 4.69) is 11.4 Å². The van der Waals surface area contributed by atoms with E-state index in [0.717, 1.165) is 25.7 Å². The fraction of sp³-hybridized carbons (Fsp3) is 0.833. The van der Waals surface area contributed by atoms with Crippen LogP contribution in [0.2, 0.25) is 0 Å². The molecule has 16 heavy (non-hydrogen) atoms. The highest BCUT2D eigenvalue weighted by molar-refractivity contribution is 7.99. The summed E-state index contributed by atoms with van der Waals surface area (Å²) in [5, 5.41) is 11.8. The predicted octanol–water partition coefficient (Wildman–Crippen LogP) is 1.94. The van der Waals surface area contributed by atoms with Gasteiger partial charge in [0, 0.05) is 6.42 Å². The number of hydrogen-bond acceptors (Lipinski definition) is 3. The van der Waals surface area contributed by atoms with Crippen molar-refractivity contribution in [1.29, 1.82) is 5.26 Å². The summed E-state index contributed by atoms with van der Waals surface area (Å²) >= 11 is 1.97. The second-order valence-electron chi connectivity index (χ2n) is 4.77. The summed E-state index contributed by atoms with van der Waals surface area (Å²) in [4.78, 5) is 11.7. The largest absolute Gasteiger partial charge is 0.340 e. The molecule has 0 bridgehead atoms. The lowest BCUT2D eigenvalue weighted by molar-refractivity contribution is -0.122. The summed E-state index contributed by atoms with van der Waals surface area (Å²) in [6.45, 7) is 0. The van der Waals surface area contributed by atoms with Crippen molar-refractivity contribution >= 4 is 17.7 Å². The molecule has 3 nitrogen and oxygen atoms in total. The maximum absolute atomic E-state index is 11.7. The fourth-order valence-electron chi connectivity index (χ4n) is 2.13.